The summed E-state index contributed by atoms with van der Waals surface area (Å²) in [5.41, 5.74) is 0.298. The lowest BCUT2D eigenvalue weighted by Gasteiger charge is -2.08. The zero-order chi connectivity index (χ0) is 15.3. The summed E-state index contributed by atoms with van der Waals surface area (Å²) in [7, 11) is -3.90. The van der Waals surface area contributed by atoms with Crippen LogP contribution in [0.4, 0.5) is 10.1 Å². The molecule has 1 heterocycles. The van der Waals surface area contributed by atoms with E-state index < -0.39 is 22.4 Å². The molecule has 0 atom stereocenters. The fourth-order valence-electron chi connectivity index (χ4n) is 1.54. The van der Waals surface area contributed by atoms with Crippen LogP contribution < -0.4 is 4.72 Å². The van der Waals surface area contributed by atoms with Gasteiger partial charge in [0, 0.05) is 6.20 Å². The Morgan fingerprint density at radius 3 is 2.76 bits per heavy atom. The molecule has 21 heavy (non-hydrogen) atoms. The van der Waals surface area contributed by atoms with Crippen LogP contribution in [0.25, 0.3) is 0 Å². The first-order valence-electron chi connectivity index (χ1n) is 5.85. The molecule has 0 aliphatic heterocycles. The third-order valence-corrected chi connectivity index (χ3v) is 3.85. The molecule has 0 fully saturated rings. The fourth-order valence-corrected chi connectivity index (χ4v) is 2.59. The summed E-state index contributed by atoms with van der Waals surface area (Å²) >= 11 is 0. The van der Waals surface area contributed by atoms with E-state index in [2.05, 4.69) is 21.5 Å². The van der Waals surface area contributed by atoms with E-state index in [0.717, 1.165) is 6.07 Å². The van der Waals surface area contributed by atoms with Crippen LogP contribution in [0.2, 0.25) is 0 Å². The Bertz CT molecular complexity index is 796. The highest BCUT2D eigenvalue weighted by Gasteiger charge is 2.16. The first kappa shape index (κ1) is 15.0. The molecule has 7 heteroatoms. The van der Waals surface area contributed by atoms with Crippen molar-refractivity contribution in [3.8, 4) is 11.8 Å². The molecule has 2 aromatic rings. The number of rotatable bonds is 3. The number of pyridine rings is 1. The summed E-state index contributed by atoms with van der Waals surface area (Å²) in [5.74, 6) is 3.91. The van der Waals surface area contributed by atoms with Gasteiger partial charge in [-0.1, -0.05) is 11.8 Å². The lowest BCUT2D eigenvalue weighted by Crippen LogP contribution is -2.13. The van der Waals surface area contributed by atoms with Gasteiger partial charge < -0.3 is 5.11 Å². The molecular weight excluding hydrogens is 295 g/mol. The van der Waals surface area contributed by atoms with Crippen LogP contribution in [0.15, 0.2) is 47.6 Å². The van der Waals surface area contributed by atoms with E-state index in [1.54, 1.807) is 6.07 Å². The number of anilines is 1. The van der Waals surface area contributed by atoms with Crippen molar-refractivity contribution in [1.29, 1.82) is 0 Å². The van der Waals surface area contributed by atoms with Crippen molar-refractivity contribution in [2.24, 2.45) is 0 Å². The number of aliphatic hydroxyl groups excluding tert-OH is 1. The number of aliphatic hydroxyl groups is 1. The Kier molecular flexibility index (Phi) is 4.52. The Balaban J connectivity index is 2.31. The molecule has 0 spiro atoms. The van der Waals surface area contributed by atoms with Gasteiger partial charge in [0.05, 0.1) is 22.3 Å². The Morgan fingerprint density at radius 2 is 2.14 bits per heavy atom. The predicted molar refractivity (Wildman–Crippen MR) is 75.4 cm³/mol. The molecule has 1 aromatic carbocycles. The number of halogens is 1. The Labute approximate surface area is 121 Å². The molecule has 0 saturated heterocycles. The van der Waals surface area contributed by atoms with Crippen molar-refractivity contribution in [3.05, 3.63) is 54.1 Å². The van der Waals surface area contributed by atoms with Gasteiger partial charge in [-0.05, 0) is 30.3 Å². The summed E-state index contributed by atoms with van der Waals surface area (Å²) in [6.07, 6.45) is 2.85. The highest BCUT2D eigenvalue weighted by Crippen LogP contribution is 2.17. The molecule has 108 valence electrons. The van der Waals surface area contributed by atoms with Gasteiger partial charge in [0.25, 0.3) is 10.0 Å². The van der Waals surface area contributed by atoms with E-state index in [1.165, 1.54) is 30.6 Å². The quantitative estimate of drug-likeness (QED) is 0.839. The van der Waals surface area contributed by atoms with E-state index in [-0.39, 0.29) is 16.1 Å². The number of sulfonamides is 1. The number of hydrogen-bond donors (Lipinski definition) is 2. The van der Waals surface area contributed by atoms with Crippen molar-refractivity contribution < 1.29 is 17.9 Å². The second-order valence-corrected chi connectivity index (χ2v) is 5.63. The molecule has 0 radical (unpaired) electrons. The van der Waals surface area contributed by atoms with Gasteiger partial charge in [0.1, 0.15) is 12.4 Å². The summed E-state index contributed by atoms with van der Waals surface area (Å²) < 4.78 is 40.2. The van der Waals surface area contributed by atoms with Crippen LogP contribution in [0.5, 0.6) is 0 Å². The fraction of sp³-hybridized carbons (Fsp3) is 0.0714. The van der Waals surface area contributed by atoms with Crippen LogP contribution in [-0.4, -0.2) is 25.1 Å². The van der Waals surface area contributed by atoms with Crippen molar-refractivity contribution in [2.45, 2.75) is 4.90 Å². The zero-order valence-electron chi connectivity index (χ0n) is 10.7. The van der Waals surface area contributed by atoms with Crippen LogP contribution >= 0.6 is 0 Å². The highest BCUT2D eigenvalue weighted by atomic mass is 32.2. The van der Waals surface area contributed by atoms with Crippen molar-refractivity contribution in [2.75, 3.05) is 11.3 Å². The minimum absolute atomic E-state index is 0.0179. The second kappa shape index (κ2) is 6.35. The SMILES string of the molecule is O=S(=O)(Nc1cccnc1)c1ccc(C#CCO)c(F)c1. The van der Waals surface area contributed by atoms with Crippen molar-refractivity contribution >= 4 is 15.7 Å². The van der Waals surface area contributed by atoms with Gasteiger partial charge in [-0.15, -0.1) is 0 Å². The van der Waals surface area contributed by atoms with Gasteiger partial charge in [-0.3, -0.25) is 9.71 Å². The summed E-state index contributed by atoms with van der Waals surface area (Å²) in [5, 5.41) is 8.56. The molecule has 0 saturated carbocycles. The molecule has 0 bridgehead atoms. The molecular formula is C14H11FN2O3S. The van der Waals surface area contributed by atoms with Gasteiger partial charge >= 0.3 is 0 Å². The average Bonchev–Trinajstić information content (AvgIpc) is 2.46. The summed E-state index contributed by atoms with van der Waals surface area (Å²) in [4.78, 5) is 3.56. The van der Waals surface area contributed by atoms with Gasteiger partial charge in [0.2, 0.25) is 0 Å². The Hall–Kier alpha value is -2.43. The largest absolute Gasteiger partial charge is 0.384 e. The molecule has 5 nitrogen and oxygen atoms in total. The average molecular weight is 306 g/mol. The predicted octanol–water partition coefficient (Wildman–Crippen LogP) is 1.37. The molecule has 1 aromatic heterocycles. The van der Waals surface area contributed by atoms with E-state index in [1.807, 2.05) is 0 Å². The minimum atomic E-state index is -3.90. The van der Waals surface area contributed by atoms with E-state index >= 15 is 0 Å². The third kappa shape index (κ3) is 3.78. The first-order chi connectivity index (χ1) is 10.0. The Morgan fingerprint density at radius 1 is 1.33 bits per heavy atom. The van der Waals surface area contributed by atoms with Crippen LogP contribution in [0.1, 0.15) is 5.56 Å². The molecule has 0 aliphatic rings. The number of nitrogens with zero attached hydrogens (tertiary/aromatic N) is 1. The third-order valence-electron chi connectivity index (χ3n) is 2.47. The van der Waals surface area contributed by atoms with E-state index in [4.69, 9.17) is 5.11 Å². The maximum Gasteiger partial charge on any atom is 0.262 e. The topological polar surface area (TPSA) is 79.3 Å². The standard InChI is InChI=1S/C14H11FN2O3S/c15-14-9-13(6-5-11(14)3-2-8-18)21(19,20)17-12-4-1-7-16-10-12/h1,4-7,9-10,17-18H,8H2. The van der Waals surface area contributed by atoms with Crippen molar-refractivity contribution in [1.82, 2.24) is 4.98 Å². The summed E-state index contributed by atoms with van der Waals surface area (Å²) in [6, 6.07) is 6.47. The van der Waals surface area contributed by atoms with Crippen LogP contribution in [0, 0.1) is 17.7 Å². The van der Waals surface area contributed by atoms with Gasteiger partial charge in [-0.2, -0.15) is 0 Å². The van der Waals surface area contributed by atoms with Gasteiger partial charge in [0.15, 0.2) is 0 Å². The lowest BCUT2D eigenvalue weighted by molar-refractivity contribution is 0.350. The highest BCUT2D eigenvalue weighted by molar-refractivity contribution is 7.92. The normalized spacial score (nSPS) is 10.6. The molecule has 0 amide bonds. The lowest BCUT2D eigenvalue weighted by atomic mass is 10.2. The van der Waals surface area contributed by atoms with Crippen molar-refractivity contribution in [3.63, 3.8) is 0 Å². The first-order valence-corrected chi connectivity index (χ1v) is 7.33. The van der Waals surface area contributed by atoms with E-state index in [0.29, 0.717) is 0 Å². The number of aromatic nitrogens is 1. The van der Waals surface area contributed by atoms with Crippen LogP contribution in [-0.2, 0) is 10.0 Å². The molecule has 2 rings (SSSR count). The number of benzene rings is 1. The maximum absolute atomic E-state index is 13.8. The van der Waals surface area contributed by atoms with Gasteiger partial charge in [-0.25, -0.2) is 12.8 Å². The van der Waals surface area contributed by atoms with Crippen LogP contribution in [0.3, 0.4) is 0 Å². The number of nitrogens with one attached hydrogen (secondary N) is 1. The molecule has 0 aliphatic carbocycles. The molecule has 2 N–H and O–H groups in total. The second-order valence-electron chi connectivity index (χ2n) is 3.95. The number of hydrogen-bond acceptors (Lipinski definition) is 4. The molecule has 0 unspecified atom stereocenters. The monoisotopic (exact) mass is 306 g/mol. The minimum Gasteiger partial charge on any atom is -0.384 e. The summed E-state index contributed by atoms with van der Waals surface area (Å²) in [6.45, 7) is -0.401. The van der Waals surface area contributed by atoms with E-state index in [9.17, 15) is 12.8 Å². The zero-order valence-corrected chi connectivity index (χ0v) is 11.6. The maximum atomic E-state index is 13.8. The smallest absolute Gasteiger partial charge is 0.262 e.